The van der Waals surface area contributed by atoms with E-state index in [9.17, 15) is 26.1 Å². The molecule has 35 heavy (non-hydrogen) atoms. The lowest BCUT2D eigenvalue weighted by Crippen LogP contribution is -2.24. The SMILES string of the molecule is O=S(=O)([O-])CC(F)(F)F.c1ccc([S+](c2ccccc2)c2ccc(OC3CCCCO3)cc2)cc1. The minimum absolute atomic E-state index is 0.101. The molecule has 0 spiro atoms. The Morgan fingerprint density at radius 3 is 1.77 bits per heavy atom. The van der Waals surface area contributed by atoms with Gasteiger partial charge in [0.1, 0.15) is 21.6 Å². The van der Waals surface area contributed by atoms with Crippen molar-refractivity contribution in [3.05, 3.63) is 84.9 Å². The highest BCUT2D eigenvalue weighted by Gasteiger charge is 2.30. The molecule has 188 valence electrons. The maximum Gasteiger partial charge on any atom is 0.401 e. The predicted octanol–water partition coefficient (Wildman–Crippen LogP) is 5.78. The van der Waals surface area contributed by atoms with E-state index < -0.39 is 22.0 Å². The molecule has 1 atom stereocenters. The standard InChI is InChI=1S/C23H23O2S.C2H3F3O3S/c1-3-9-20(10-4-1)26(21-11-5-2-6-12-21)22-16-14-19(15-17-22)25-23-13-7-8-18-24-23;3-2(4,5)1-9(6,7)8/h1-6,9-12,14-17,23H,7-8,13,18H2;1H2,(H,6,7,8)/q+1;/p-1. The van der Waals surface area contributed by atoms with Gasteiger partial charge in [0.05, 0.1) is 17.5 Å². The van der Waals surface area contributed by atoms with Crippen molar-refractivity contribution in [1.82, 2.24) is 0 Å². The summed E-state index contributed by atoms with van der Waals surface area (Å²) in [6.45, 7) is 0.800. The monoisotopic (exact) mass is 526 g/mol. The summed E-state index contributed by atoms with van der Waals surface area (Å²) in [5, 5.41) is 0. The molecular formula is C25H25F3O5S2. The number of ether oxygens (including phenoxy) is 2. The summed E-state index contributed by atoms with van der Waals surface area (Å²) in [4.78, 5) is 3.94. The van der Waals surface area contributed by atoms with Gasteiger partial charge in [-0.05, 0) is 61.4 Å². The van der Waals surface area contributed by atoms with Gasteiger partial charge < -0.3 is 14.0 Å². The topological polar surface area (TPSA) is 75.7 Å². The third kappa shape index (κ3) is 9.56. The highest BCUT2D eigenvalue weighted by atomic mass is 32.2. The molecule has 1 fully saturated rings. The lowest BCUT2D eigenvalue weighted by molar-refractivity contribution is -0.107. The van der Waals surface area contributed by atoms with Crippen molar-refractivity contribution in [3.8, 4) is 5.75 Å². The van der Waals surface area contributed by atoms with Crippen LogP contribution in [0.4, 0.5) is 13.2 Å². The van der Waals surface area contributed by atoms with Crippen LogP contribution < -0.4 is 4.74 Å². The maximum atomic E-state index is 11.0. The zero-order valence-electron chi connectivity index (χ0n) is 18.7. The Morgan fingerprint density at radius 1 is 0.857 bits per heavy atom. The van der Waals surface area contributed by atoms with E-state index >= 15 is 0 Å². The van der Waals surface area contributed by atoms with Gasteiger partial charge in [-0.3, -0.25) is 0 Å². The molecule has 1 unspecified atom stereocenters. The fourth-order valence-electron chi connectivity index (χ4n) is 3.33. The van der Waals surface area contributed by atoms with Crippen molar-refractivity contribution in [2.75, 3.05) is 12.4 Å². The first kappa shape index (κ1) is 27.1. The number of rotatable bonds is 6. The molecule has 0 N–H and O–H groups in total. The molecule has 0 aliphatic carbocycles. The van der Waals surface area contributed by atoms with Crippen LogP contribution >= 0.6 is 0 Å². The molecule has 4 rings (SSSR count). The van der Waals surface area contributed by atoms with Crippen LogP contribution in [-0.4, -0.2) is 37.8 Å². The molecular weight excluding hydrogens is 501 g/mol. The Balaban J connectivity index is 0.000000327. The Morgan fingerprint density at radius 2 is 1.37 bits per heavy atom. The van der Waals surface area contributed by atoms with Crippen molar-refractivity contribution in [2.45, 2.75) is 46.4 Å². The van der Waals surface area contributed by atoms with E-state index in [0.717, 1.165) is 25.2 Å². The molecule has 5 nitrogen and oxygen atoms in total. The van der Waals surface area contributed by atoms with Crippen LogP contribution in [0.3, 0.4) is 0 Å². The van der Waals surface area contributed by atoms with E-state index in [-0.39, 0.29) is 17.2 Å². The smallest absolute Gasteiger partial charge is 0.401 e. The van der Waals surface area contributed by atoms with Gasteiger partial charge in [0, 0.05) is 6.42 Å². The molecule has 3 aromatic rings. The predicted molar refractivity (Wildman–Crippen MR) is 126 cm³/mol. The summed E-state index contributed by atoms with van der Waals surface area (Å²) >= 11 is 0. The Kier molecular flexibility index (Phi) is 9.62. The zero-order valence-corrected chi connectivity index (χ0v) is 20.3. The summed E-state index contributed by atoms with van der Waals surface area (Å²) in [6.07, 6.45) is -1.74. The van der Waals surface area contributed by atoms with Crippen LogP contribution in [0.5, 0.6) is 5.75 Å². The van der Waals surface area contributed by atoms with Crippen molar-refractivity contribution < 1.29 is 35.6 Å². The summed E-state index contributed by atoms with van der Waals surface area (Å²) in [6, 6.07) is 29.9. The first-order valence-corrected chi connectivity index (χ1v) is 13.6. The fraction of sp³-hybridized carbons (Fsp3) is 0.280. The average molecular weight is 527 g/mol. The van der Waals surface area contributed by atoms with E-state index in [2.05, 4.69) is 84.9 Å². The molecule has 10 heteroatoms. The van der Waals surface area contributed by atoms with Crippen molar-refractivity contribution >= 4 is 21.0 Å². The third-order valence-corrected chi connectivity index (χ3v) is 7.67. The van der Waals surface area contributed by atoms with Gasteiger partial charge in [0.2, 0.25) is 0 Å². The second kappa shape index (κ2) is 12.4. The first-order valence-electron chi connectivity index (χ1n) is 10.8. The minimum Gasteiger partial charge on any atom is -0.748 e. The normalized spacial score (nSPS) is 16.3. The molecule has 0 radical (unpaired) electrons. The largest absolute Gasteiger partial charge is 0.748 e. The Labute approximate surface area is 206 Å². The Hall–Kier alpha value is -2.53. The molecule has 0 amide bonds. The lowest BCUT2D eigenvalue weighted by Gasteiger charge is -2.23. The molecule has 1 aliphatic heterocycles. The summed E-state index contributed by atoms with van der Waals surface area (Å²) in [5.74, 6) is -1.41. The van der Waals surface area contributed by atoms with E-state index in [1.807, 2.05) is 0 Å². The first-order chi connectivity index (χ1) is 16.6. The van der Waals surface area contributed by atoms with Gasteiger partial charge >= 0.3 is 6.18 Å². The summed E-state index contributed by atoms with van der Waals surface area (Å²) in [5.41, 5.74) is 0. The van der Waals surface area contributed by atoms with Crippen molar-refractivity contribution in [1.29, 1.82) is 0 Å². The van der Waals surface area contributed by atoms with E-state index in [0.29, 0.717) is 0 Å². The van der Waals surface area contributed by atoms with Gasteiger partial charge in [-0.25, -0.2) is 8.42 Å². The van der Waals surface area contributed by atoms with Crippen LogP contribution in [0.15, 0.2) is 99.6 Å². The second-order valence-corrected chi connectivity index (χ2v) is 11.1. The number of benzene rings is 3. The highest BCUT2D eigenvalue weighted by molar-refractivity contribution is 7.97. The highest BCUT2D eigenvalue weighted by Crippen LogP contribution is 2.32. The van der Waals surface area contributed by atoms with E-state index in [1.165, 1.54) is 21.1 Å². The van der Waals surface area contributed by atoms with Gasteiger partial charge in [-0.1, -0.05) is 36.4 Å². The van der Waals surface area contributed by atoms with Crippen molar-refractivity contribution in [3.63, 3.8) is 0 Å². The van der Waals surface area contributed by atoms with Crippen LogP contribution in [0.1, 0.15) is 19.3 Å². The lowest BCUT2D eigenvalue weighted by atomic mass is 10.2. The third-order valence-electron chi connectivity index (χ3n) is 4.76. The molecule has 1 aliphatic rings. The van der Waals surface area contributed by atoms with Crippen LogP contribution in [0.25, 0.3) is 0 Å². The summed E-state index contributed by atoms with van der Waals surface area (Å²) in [7, 11) is -5.27. The molecule has 3 aromatic carbocycles. The quantitative estimate of drug-likeness (QED) is 0.301. The van der Waals surface area contributed by atoms with E-state index in [1.54, 1.807) is 0 Å². The molecule has 0 bridgehead atoms. The zero-order chi connectivity index (χ0) is 25.3. The number of alkyl halides is 3. The van der Waals surface area contributed by atoms with Crippen LogP contribution in [0, 0.1) is 0 Å². The van der Waals surface area contributed by atoms with Gasteiger partial charge in [0.15, 0.2) is 21.0 Å². The summed E-state index contributed by atoms with van der Waals surface area (Å²) < 4.78 is 72.7. The van der Waals surface area contributed by atoms with Crippen molar-refractivity contribution in [2.24, 2.45) is 0 Å². The van der Waals surface area contributed by atoms with Crippen LogP contribution in [-0.2, 0) is 25.7 Å². The molecule has 1 heterocycles. The number of halogens is 3. The van der Waals surface area contributed by atoms with Gasteiger partial charge in [0.25, 0.3) is 0 Å². The number of hydrogen-bond donors (Lipinski definition) is 0. The number of hydrogen-bond acceptors (Lipinski definition) is 5. The van der Waals surface area contributed by atoms with Gasteiger partial charge in [-0.15, -0.1) is 0 Å². The maximum absolute atomic E-state index is 11.0. The second-order valence-electron chi connectivity index (χ2n) is 7.63. The molecule has 1 saturated heterocycles. The minimum atomic E-state index is -5.16. The Bertz CT molecular complexity index is 1090. The molecule has 0 aromatic heterocycles. The van der Waals surface area contributed by atoms with Crippen LogP contribution in [0.2, 0.25) is 0 Å². The van der Waals surface area contributed by atoms with Gasteiger partial charge in [-0.2, -0.15) is 13.2 Å². The molecule has 0 saturated carbocycles. The average Bonchev–Trinajstić information content (AvgIpc) is 2.81. The van der Waals surface area contributed by atoms with E-state index in [4.69, 9.17) is 9.47 Å². The fourth-order valence-corrected chi connectivity index (χ4v) is 5.82.